The van der Waals surface area contributed by atoms with Gasteiger partial charge in [-0.3, -0.25) is 9.97 Å². The van der Waals surface area contributed by atoms with Crippen LogP contribution in [0.15, 0.2) is 30.7 Å². The molecular weight excluding hydrogens is 460 g/mol. The minimum absolute atomic E-state index is 0.256. The Kier molecular flexibility index (Phi) is 9.40. The largest absolute Gasteiger partial charge is 0.383 e. The van der Waals surface area contributed by atoms with Crippen LogP contribution in [-0.2, 0) is 15.9 Å². The van der Waals surface area contributed by atoms with Gasteiger partial charge in [0, 0.05) is 74.4 Å². The first kappa shape index (κ1) is 26.3. The number of ether oxygens (including phenoxy) is 2. The van der Waals surface area contributed by atoms with E-state index < -0.39 is 0 Å². The van der Waals surface area contributed by atoms with Crippen molar-refractivity contribution in [1.29, 1.82) is 0 Å². The van der Waals surface area contributed by atoms with Crippen LogP contribution in [0.4, 0.5) is 5.69 Å². The van der Waals surface area contributed by atoms with Crippen LogP contribution in [0.1, 0.15) is 58.1 Å². The summed E-state index contributed by atoms with van der Waals surface area (Å²) in [6.45, 7) is 7.89. The van der Waals surface area contributed by atoms with Crippen molar-refractivity contribution in [3.05, 3.63) is 41.4 Å². The Hall–Kier alpha value is -1.73. The summed E-state index contributed by atoms with van der Waals surface area (Å²) in [7, 11) is 1.76. The Labute approximate surface area is 215 Å². The van der Waals surface area contributed by atoms with E-state index in [1.54, 1.807) is 13.3 Å². The van der Waals surface area contributed by atoms with Crippen LogP contribution in [-0.4, -0.2) is 55.5 Å². The molecule has 3 heterocycles. The number of halogens is 1. The maximum absolute atomic E-state index is 6.60. The van der Waals surface area contributed by atoms with Crippen LogP contribution < -0.4 is 10.6 Å². The minimum atomic E-state index is 0.256. The van der Waals surface area contributed by atoms with Crippen molar-refractivity contribution in [1.82, 2.24) is 15.3 Å². The molecule has 0 aromatic carbocycles. The number of hydrogen-bond donors (Lipinski definition) is 2. The van der Waals surface area contributed by atoms with E-state index in [1.807, 2.05) is 12.4 Å². The number of rotatable bonds is 10. The molecule has 0 bridgehead atoms. The maximum Gasteiger partial charge on any atom is 0.0668 e. The van der Waals surface area contributed by atoms with Gasteiger partial charge in [-0.15, -0.1) is 0 Å². The van der Waals surface area contributed by atoms with Gasteiger partial charge in [0.25, 0.3) is 0 Å². The Morgan fingerprint density at radius 3 is 2.66 bits per heavy atom. The highest BCUT2D eigenvalue weighted by molar-refractivity contribution is 6.33. The zero-order valence-electron chi connectivity index (χ0n) is 21.5. The number of hydrogen-bond acceptors (Lipinski definition) is 6. The first-order valence-corrected chi connectivity index (χ1v) is 13.5. The first-order valence-electron chi connectivity index (χ1n) is 13.1. The molecule has 2 aromatic rings. The van der Waals surface area contributed by atoms with Gasteiger partial charge >= 0.3 is 0 Å². The Bertz CT molecular complexity index is 942. The van der Waals surface area contributed by atoms with Crippen LogP contribution in [0.3, 0.4) is 0 Å². The number of anilines is 1. The van der Waals surface area contributed by atoms with Crippen molar-refractivity contribution < 1.29 is 9.47 Å². The Morgan fingerprint density at radius 1 is 1.14 bits per heavy atom. The highest BCUT2D eigenvalue weighted by Gasteiger charge is 2.27. The lowest BCUT2D eigenvalue weighted by Gasteiger charge is -2.33. The van der Waals surface area contributed by atoms with Gasteiger partial charge in [0.05, 0.1) is 17.3 Å². The minimum Gasteiger partial charge on any atom is -0.383 e. The highest BCUT2D eigenvalue weighted by Crippen LogP contribution is 2.33. The normalized spacial score (nSPS) is 23.1. The van der Waals surface area contributed by atoms with Crippen LogP contribution in [0.2, 0.25) is 5.02 Å². The van der Waals surface area contributed by atoms with Crippen molar-refractivity contribution in [3.63, 3.8) is 0 Å². The molecule has 2 aliphatic rings. The van der Waals surface area contributed by atoms with Gasteiger partial charge in [-0.25, -0.2) is 0 Å². The van der Waals surface area contributed by atoms with Crippen molar-refractivity contribution in [2.24, 2.45) is 11.3 Å². The average molecular weight is 501 g/mol. The number of pyridine rings is 2. The molecular formula is C28H41ClN4O2. The van der Waals surface area contributed by atoms with Crippen LogP contribution in [0, 0.1) is 11.3 Å². The molecule has 1 aliphatic heterocycles. The Balaban J connectivity index is 1.36. The average Bonchev–Trinajstić information content (AvgIpc) is 2.86. The summed E-state index contributed by atoms with van der Waals surface area (Å²) in [5.74, 6) is 0.665. The Morgan fingerprint density at radius 2 is 1.91 bits per heavy atom. The lowest BCUT2D eigenvalue weighted by molar-refractivity contribution is 0.0300. The third-order valence-corrected chi connectivity index (χ3v) is 7.96. The van der Waals surface area contributed by atoms with Gasteiger partial charge in [-0.05, 0) is 75.3 Å². The van der Waals surface area contributed by atoms with Gasteiger partial charge in [-0.2, -0.15) is 0 Å². The first-order chi connectivity index (χ1) is 16.9. The molecule has 0 amide bonds. The molecule has 192 valence electrons. The van der Waals surface area contributed by atoms with E-state index in [2.05, 4.69) is 46.6 Å². The molecule has 1 saturated heterocycles. The highest BCUT2D eigenvalue weighted by atomic mass is 35.5. The van der Waals surface area contributed by atoms with Gasteiger partial charge < -0.3 is 20.1 Å². The third-order valence-electron chi connectivity index (χ3n) is 7.66. The zero-order chi connectivity index (χ0) is 24.7. The number of nitrogens with zero attached hydrogens (tertiary/aromatic N) is 2. The number of nitrogens with one attached hydrogen (secondary N) is 2. The monoisotopic (exact) mass is 500 g/mol. The fourth-order valence-corrected chi connectivity index (χ4v) is 5.60. The van der Waals surface area contributed by atoms with E-state index in [4.69, 9.17) is 21.1 Å². The summed E-state index contributed by atoms with van der Waals surface area (Å²) in [5.41, 5.74) is 4.43. The summed E-state index contributed by atoms with van der Waals surface area (Å²) >= 11 is 6.60. The van der Waals surface area contributed by atoms with Gasteiger partial charge in [-0.1, -0.05) is 18.5 Å². The molecule has 35 heavy (non-hydrogen) atoms. The molecule has 0 radical (unpaired) electrons. The molecule has 0 spiro atoms. The topological polar surface area (TPSA) is 68.3 Å². The van der Waals surface area contributed by atoms with E-state index in [-0.39, 0.29) is 5.41 Å². The van der Waals surface area contributed by atoms with Crippen molar-refractivity contribution in [2.75, 3.05) is 38.8 Å². The van der Waals surface area contributed by atoms with Crippen molar-refractivity contribution in [3.8, 4) is 11.1 Å². The summed E-state index contributed by atoms with van der Waals surface area (Å²) in [5, 5.41) is 7.97. The molecule has 1 atom stereocenters. The lowest BCUT2D eigenvalue weighted by atomic mass is 9.82. The van der Waals surface area contributed by atoms with Crippen LogP contribution >= 0.6 is 11.6 Å². The lowest BCUT2D eigenvalue weighted by Crippen LogP contribution is -2.41. The maximum atomic E-state index is 6.60. The summed E-state index contributed by atoms with van der Waals surface area (Å²) in [6.07, 6.45) is 13.6. The predicted octanol–water partition coefficient (Wildman–Crippen LogP) is 5.75. The standard InChI is InChI=1S/C28H41ClN4O2/c1-20(18-34-3)33-23-6-4-21(5-7-23)12-24-14-26(27(29)17-31-24)22-13-25(16-30-15-22)32-19-28(2)8-10-35-11-9-28/h13-17,20-21,23,32-33H,4-12,18-19H2,1-3H3/t20-,21?,23?/m1/s1. The fourth-order valence-electron chi connectivity index (χ4n) is 5.38. The zero-order valence-corrected chi connectivity index (χ0v) is 22.2. The molecule has 2 N–H and O–H groups in total. The van der Waals surface area contributed by atoms with E-state index in [0.717, 1.165) is 68.1 Å². The van der Waals surface area contributed by atoms with E-state index in [1.165, 1.54) is 25.7 Å². The fraction of sp³-hybridized carbons (Fsp3) is 0.643. The van der Waals surface area contributed by atoms with Gasteiger partial charge in [0.2, 0.25) is 0 Å². The van der Waals surface area contributed by atoms with Gasteiger partial charge in [0.1, 0.15) is 0 Å². The molecule has 1 saturated carbocycles. The van der Waals surface area contributed by atoms with Crippen molar-refractivity contribution in [2.45, 2.75) is 70.9 Å². The van der Waals surface area contributed by atoms with Crippen LogP contribution in [0.5, 0.6) is 0 Å². The molecule has 7 heteroatoms. The number of aromatic nitrogens is 2. The summed E-state index contributed by atoms with van der Waals surface area (Å²) in [4.78, 5) is 9.16. The molecule has 6 nitrogen and oxygen atoms in total. The van der Waals surface area contributed by atoms with E-state index >= 15 is 0 Å². The summed E-state index contributed by atoms with van der Waals surface area (Å²) in [6, 6.07) is 5.31. The second-order valence-corrected chi connectivity index (χ2v) is 11.2. The van der Waals surface area contributed by atoms with Gasteiger partial charge in [0.15, 0.2) is 0 Å². The smallest absolute Gasteiger partial charge is 0.0668 e. The SMILES string of the molecule is COC[C@@H](C)NC1CCC(Cc2cc(-c3cncc(NCC4(C)CCOCC4)c3)c(Cl)cn2)CC1. The molecule has 2 fully saturated rings. The van der Waals surface area contributed by atoms with Crippen molar-refractivity contribution >= 4 is 17.3 Å². The number of methoxy groups -OCH3 is 1. The quantitative estimate of drug-likeness (QED) is 0.433. The van der Waals surface area contributed by atoms with E-state index in [0.29, 0.717) is 23.0 Å². The molecule has 0 unspecified atom stereocenters. The summed E-state index contributed by atoms with van der Waals surface area (Å²) < 4.78 is 10.8. The van der Waals surface area contributed by atoms with Crippen LogP contribution in [0.25, 0.3) is 11.1 Å². The molecule has 2 aromatic heterocycles. The van der Waals surface area contributed by atoms with E-state index in [9.17, 15) is 0 Å². The molecule has 1 aliphatic carbocycles. The second-order valence-electron chi connectivity index (χ2n) is 10.8. The predicted molar refractivity (Wildman–Crippen MR) is 143 cm³/mol. The second kappa shape index (κ2) is 12.5. The third kappa shape index (κ3) is 7.63. The molecule has 4 rings (SSSR count).